The van der Waals surface area contributed by atoms with Crippen molar-refractivity contribution in [3.8, 4) is 0 Å². The third kappa shape index (κ3) is 9.54. The Labute approximate surface area is 248 Å². The van der Waals surface area contributed by atoms with Crippen molar-refractivity contribution in [2.24, 2.45) is 5.41 Å². The lowest BCUT2D eigenvalue weighted by molar-refractivity contribution is -0.144. The molecule has 1 saturated carbocycles. The van der Waals surface area contributed by atoms with E-state index in [0.717, 1.165) is 31.4 Å². The Morgan fingerprint density at radius 1 is 1.20 bits per heavy atom. The summed E-state index contributed by atoms with van der Waals surface area (Å²) in [5.74, 6) is -1.83. The molecule has 2 fully saturated rings. The number of aliphatic hydroxyl groups is 1. The van der Waals surface area contributed by atoms with Gasteiger partial charge in [0.25, 0.3) is 0 Å². The average Bonchev–Trinajstić information content (AvgIpc) is 3.63. The molecule has 1 heterocycles. The van der Waals surface area contributed by atoms with Gasteiger partial charge in [-0.05, 0) is 49.3 Å². The first kappa shape index (κ1) is 36.0. The number of benzene rings is 1. The highest BCUT2D eigenvalue weighted by Crippen LogP contribution is 2.53. The molecule has 2 atom stereocenters. The maximum Gasteiger partial charge on any atom is 0.417 e. The number of carbonyl (C=O) groups excluding carboxylic acids is 2. The standard InChI is InChI=1S/C25H33ClF3N3O6.2ClH/c1-38-23(37)19(4-5-21(34)32-12-9-24(7-8-24)20(33)15-32)30-10-13-31(11-6-22(35)36)16-2-3-17(18(26)14-16)25(27,28)29;;/h2-3,14,19-20,30,33H,4-13,15H2,1H3,(H,35,36);2*1H. The zero-order chi connectivity index (χ0) is 28.1. The molecule has 3 N–H and O–H groups in total. The van der Waals surface area contributed by atoms with Crippen molar-refractivity contribution < 1.29 is 42.5 Å². The second-order valence-electron chi connectivity index (χ2n) is 9.83. The number of ether oxygens (including phenoxy) is 1. The van der Waals surface area contributed by atoms with E-state index in [2.05, 4.69) is 5.32 Å². The molecule has 228 valence electrons. The summed E-state index contributed by atoms with van der Waals surface area (Å²) < 4.78 is 44.1. The lowest BCUT2D eigenvalue weighted by Crippen LogP contribution is -2.48. The van der Waals surface area contributed by atoms with E-state index in [9.17, 15) is 32.7 Å². The number of anilines is 1. The number of aliphatic hydroxyl groups excluding tert-OH is 1. The minimum Gasteiger partial charge on any atom is -0.481 e. The Balaban J connectivity index is 0.00000400. The first-order valence-electron chi connectivity index (χ1n) is 12.5. The quantitative estimate of drug-likeness (QED) is 0.297. The van der Waals surface area contributed by atoms with Gasteiger partial charge in [-0.2, -0.15) is 13.2 Å². The average molecular weight is 637 g/mol. The molecular weight excluding hydrogens is 602 g/mol. The summed E-state index contributed by atoms with van der Waals surface area (Å²) in [6, 6.07) is 2.35. The summed E-state index contributed by atoms with van der Waals surface area (Å²) in [7, 11) is 1.22. The van der Waals surface area contributed by atoms with E-state index in [1.807, 2.05) is 0 Å². The number of carboxylic acids is 1. The van der Waals surface area contributed by atoms with Crippen molar-refractivity contribution in [3.05, 3.63) is 28.8 Å². The molecule has 1 aliphatic heterocycles. The summed E-state index contributed by atoms with van der Waals surface area (Å²) in [5, 5.41) is 21.9. The molecule has 9 nitrogen and oxygen atoms in total. The van der Waals surface area contributed by atoms with Gasteiger partial charge in [-0.1, -0.05) is 11.6 Å². The Kier molecular flexibility index (Phi) is 13.8. The second kappa shape index (κ2) is 15.3. The van der Waals surface area contributed by atoms with Gasteiger partial charge in [0.1, 0.15) is 6.04 Å². The van der Waals surface area contributed by atoms with E-state index < -0.39 is 40.8 Å². The Bertz CT molecular complexity index is 1030. The number of aliphatic carboxylic acids is 1. The van der Waals surface area contributed by atoms with Gasteiger partial charge < -0.3 is 30.1 Å². The number of nitrogens with one attached hydrogen (secondary N) is 1. The highest BCUT2D eigenvalue weighted by atomic mass is 35.5. The number of likely N-dealkylation sites (tertiary alicyclic amines) is 1. The molecule has 1 aliphatic carbocycles. The number of nitrogens with zero attached hydrogens (tertiary/aromatic N) is 2. The van der Waals surface area contributed by atoms with Crippen molar-refractivity contribution in [1.29, 1.82) is 0 Å². The van der Waals surface area contributed by atoms with E-state index in [1.165, 1.54) is 13.2 Å². The number of carbonyl (C=O) groups is 3. The maximum absolute atomic E-state index is 13.1. The number of rotatable bonds is 12. The zero-order valence-corrected chi connectivity index (χ0v) is 24.3. The SMILES string of the molecule is COC(=O)C(CCC(=O)N1CCC2(CC2)C(O)C1)NCCN(CCC(=O)O)c1ccc(C(F)(F)F)c(Cl)c1.Cl.Cl. The van der Waals surface area contributed by atoms with E-state index >= 15 is 0 Å². The van der Waals surface area contributed by atoms with Crippen molar-refractivity contribution in [3.63, 3.8) is 0 Å². The fourth-order valence-corrected chi connectivity index (χ4v) is 5.05. The molecular formula is C25H35Cl3F3N3O6. The first-order chi connectivity index (χ1) is 17.9. The monoisotopic (exact) mass is 635 g/mol. The summed E-state index contributed by atoms with van der Waals surface area (Å²) in [6.07, 6.45) is -2.51. The van der Waals surface area contributed by atoms with Gasteiger partial charge in [-0.25, -0.2) is 0 Å². The maximum atomic E-state index is 13.1. The molecule has 1 aromatic rings. The summed E-state index contributed by atoms with van der Waals surface area (Å²) >= 11 is 5.84. The molecule has 0 aromatic heterocycles. The molecule has 0 radical (unpaired) electrons. The lowest BCUT2D eigenvalue weighted by Gasteiger charge is -2.36. The minimum atomic E-state index is -4.63. The Morgan fingerprint density at radius 2 is 1.88 bits per heavy atom. The number of esters is 1. The molecule has 2 unspecified atom stereocenters. The van der Waals surface area contributed by atoms with Crippen LogP contribution in [0.3, 0.4) is 0 Å². The number of amides is 1. The van der Waals surface area contributed by atoms with E-state index in [-0.39, 0.29) is 81.6 Å². The van der Waals surface area contributed by atoms with Gasteiger partial charge in [0.15, 0.2) is 0 Å². The van der Waals surface area contributed by atoms with Crippen molar-refractivity contribution in [2.45, 2.75) is 56.8 Å². The molecule has 0 bridgehead atoms. The third-order valence-electron chi connectivity index (χ3n) is 7.35. The van der Waals surface area contributed by atoms with Crippen LogP contribution in [0.5, 0.6) is 0 Å². The molecule has 2 aliphatic rings. The number of halogens is 6. The van der Waals surface area contributed by atoms with Crippen LogP contribution in [0.25, 0.3) is 0 Å². The molecule has 1 amide bonds. The van der Waals surface area contributed by atoms with Crippen LogP contribution < -0.4 is 10.2 Å². The van der Waals surface area contributed by atoms with Crippen LogP contribution in [-0.2, 0) is 25.3 Å². The van der Waals surface area contributed by atoms with Crippen LogP contribution in [0.1, 0.15) is 44.1 Å². The highest BCUT2D eigenvalue weighted by molar-refractivity contribution is 6.31. The van der Waals surface area contributed by atoms with Crippen molar-refractivity contribution in [2.75, 3.05) is 44.7 Å². The number of methoxy groups -OCH3 is 1. The number of hydrogen-bond acceptors (Lipinski definition) is 7. The highest BCUT2D eigenvalue weighted by Gasteiger charge is 2.51. The number of alkyl halides is 3. The largest absolute Gasteiger partial charge is 0.481 e. The number of β-amino-alcohol motifs (C(OH)–C–C–N with tert-alkyl or cyclic N) is 1. The zero-order valence-electron chi connectivity index (χ0n) is 21.9. The van der Waals surface area contributed by atoms with Crippen LogP contribution in [0.15, 0.2) is 18.2 Å². The van der Waals surface area contributed by atoms with Crippen LogP contribution in [-0.4, -0.2) is 84.9 Å². The molecule has 40 heavy (non-hydrogen) atoms. The third-order valence-corrected chi connectivity index (χ3v) is 7.66. The first-order valence-corrected chi connectivity index (χ1v) is 12.8. The summed E-state index contributed by atoms with van der Waals surface area (Å²) in [4.78, 5) is 39.3. The van der Waals surface area contributed by atoms with E-state index in [1.54, 1.807) is 9.80 Å². The van der Waals surface area contributed by atoms with Gasteiger partial charge in [0, 0.05) is 44.8 Å². The number of hydrogen-bond donors (Lipinski definition) is 3. The van der Waals surface area contributed by atoms with Crippen LogP contribution in [0, 0.1) is 5.41 Å². The predicted molar refractivity (Wildman–Crippen MR) is 147 cm³/mol. The van der Waals surface area contributed by atoms with Crippen molar-refractivity contribution in [1.82, 2.24) is 10.2 Å². The fraction of sp³-hybridized carbons (Fsp3) is 0.640. The lowest BCUT2D eigenvalue weighted by atomic mass is 9.90. The summed E-state index contributed by atoms with van der Waals surface area (Å²) in [6.45, 7) is 1.15. The van der Waals surface area contributed by atoms with Gasteiger partial charge in [-0.3, -0.25) is 14.4 Å². The van der Waals surface area contributed by atoms with Gasteiger partial charge in [-0.15, -0.1) is 24.8 Å². The van der Waals surface area contributed by atoms with Crippen molar-refractivity contribution >= 4 is 59.9 Å². The normalized spacial score (nSPS) is 18.2. The van der Waals surface area contributed by atoms with Gasteiger partial charge >= 0.3 is 18.1 Å². The molecule has 3 rings (SSSR count). The van der Waals surface area contributed by atoms with Gasteiger partial charge in [0.2, 0.25) is 5.91 Å². The predicted octanol–water partition coefficient (Wildman–Crippen LogP) is 3.77. The second-order valence-corrected chi connectivity index (χ2v) is 10.2. The number of piperidine rings is 1. The van der Waals surface area contributed by atoms with Crippen LogP contribution in [0.2, 0.25) is 5.02 Å². The van der Waals surface area contributed by atoms with Gasteiger partial charge in [0.05, 0.1) is 30.2 Å². The Hall–Kier alpha value is -1.99. The molecule has 1 saturated heterocycles. The van der Waals surface area contributed by atoms with E-state index in [4.69, 9.17) is 21.4 Å². The van der Waals surface area contributed by atoms with E-state index in [0.29, 0.717) is 12.2 Å². The minimum absolute atomic E-state index is 0. The molecule has 15 heteroatoms. The smallest absolute Gasteiger partial charge is 0.417 e. The number of carboxylic acid groups (broad SMARTS) is 1. The summed E-state index contributed by atoms with van der Waals surface area (Å²) in [5.41, 5.74) is -0.729. The molecule has 1 aromatic carbocycles. The van der Waals surface area contributed by atoms with Crippen LogP contribution >= 0.6 is 36.4 Å². The topological polar surface area (TPSA) is 119 Å². The fourth-order valence-electron chi connectivity index (χ4n) is 4.76. The Morgan fingerprint density at radius 3 is 2.40 bits per heavy atom. The van der Waals surface area contributed by atoms with Crippen LogP contribution in [0.4, 0.5) is 18.9 Å². The molecule has 1 spiro atoms.